The van der Waals surface area contributed by atoms with Crippen LogP contribution in [0.3, 0.4) is 0 Å². The zero-order valence-electron chi connectivity index (χ0n) is 17.7. The van der Waals surface area contributed by atoms with E-state index in [2.05, 4.69) is 11.0 Å². The zero-order chi connectivity index (χ0) is 20.7. The van der Waals surface area contributed by atoms with Crippen LogP contribution in [0.2, 0.25) is 0 Å². The first-order chi connectivity index (χ1) is 13.9. The van der Waals surface area contributed by atoms with Gasteiger partial charge < -0.3 is 15.2 Å². The van der Waals surface area contributed by atoms with Crippen LogP contribution in [0, 0.1) is 0 Å². The number of allylic oxidation sites excluding steroid dienone is 2. The molecule has 158 valence electrons. The molecule has 2 aliphatic rings. The van der Waals surface area contributed by atoms with Gasteiger partial charge in [-0.25, -0.2) is 4.79 Å². The largest absolute Gasteiger partial charge is 0.341 e. The van der Waals surface area contributed by atoms with Crippen molar-refractivity contribution in [1.29, 1.82) is 0 Å². The highest BCUT2D eigenvalue weighted by atomic mass is 16.2. The van der Waals surface area contributed by atoms with Crippen LogP contribution in [0.15, 0.2) is 21.2 Å². The minimum absolute atomic E-state index is 0.0975. The Kier molecular flexibility index (Phi) is 5.38. The summed E-state index contributed by atoms with van der Waals surface area (Å²) in [5, 5.41) is 0. The lowest BCUT2D eigenvalue weighted by Gasteiger charge is -2.31. The molecule has 1 aliphatic carbocycles. The molecule has 4 rings (SSSR count). The Morgan fingerprint density at radius 3 is 2.55 bits per heavy atom. The second kappa shape index (κ2) is 7.82. The molecule has 2 aromatic heterocycles. The summed E-state index contributed by atoms with van der Waals surface area (Å²) < 4.78 is 5.00. The van der Waals surface area contributed by atoms with Crippen LogP contribution in [0.4, 0.5) is 5.95 Å². The molecule has 1 saturated heterocycles. The fourth-order valence-corrected chi connectivity index (χ4v) is 4.68. The van der Waals surface area contributed by atoms with Crippen molar-refractivity contribution in [2.45, 2.75) is 71.0 Å². The maximum Gasteiger partial charge on any atom is 0.332 e. The van der Waals surface area contributed by atoms with Gasteiger partial charge >= 0.3 is 5.69 Å². The van der Waals surface area contributed by atoms with Gasteiger partial charge in [0.15, 0.2) is 11.2 Å². The van der Waals surface area contributed by atoms with Crippen molar-refractivity contribution in [2.24, 2.45) is 12.8 Å². The number of nitrogens with zero attached hydrogens (tertiary/aromatic N) is 5. The van der Waals surface area contributed by atoms with Crippen LogP contribution in [0.5, 0.6) is 0 Å². The molecule has 2 N–H and O–H groups in total. The van der Waals surface area contributed by atoms with Gasteiger partial charge in [0.05, 0.1) is 0 Å². The highest BCUT2D eigenvalue weighted by molar-refractivity contribution is 5.75. The fourth-order valence-electron chi connectivity index (χ4n) is 4.68. The van der Waals surface area contributed by atoms with E-state index in [4.69, 9.17) is 10.7 Å². The molecule has 0 spiro atoms. The minimum Gasteiger partial charge on any atom is -0.341 e. The second-order valence-corrected chi connectivity index (χ2v) is 8.78. The Bertz CT molecular complexity index is 1050. The normalized spacial score (nSPS) is 20.6. The van der Waals surface area contributed by atoms with Gasteiger partial charge in [0.25, 0.3) is 5.56 Å². The van der Waals surface area contributed by atoms with Crippen molar-refractivity contribution in [1.82, 2.24) is 18.7 Å². The van der Waals surface area contributed by atoms with Crippen LogP contribution in [-0.2, 0) is 13.6 Å². The van der Waals surface area contributed by atoms with Gasteiger partial charge in [0.1, 0.15) is 0 Å². The first-order valence-corrected chi connectivity index (χ1v) is 10.7. The summed E-state index contributed by atoms with van der Waals surface area (Å²) in [5.41, 5.74) is 7.91. The van der Waals surface area contributed by atoms with Gasteiger partial charge in [-0.2, -0.15) is 4.98 Å². The smallest absolute Gasteiger partial charge is 0.332 e. The monoisotopic (exact) mass is 400 g/mol. The van der Waals surface area contributed by atoms with E-state index in [0.717, 1.165) is 51.0 Å². The molecule has 1 atom stereocenters. The van der Waals surface area contributed by atoms with Gasteiger partial charge in [-0.3, -0.25) is 13.9 Å². The minimum atomic E-state index is -0.276. The molecule has 0 aromatic carbocycles. The molecule has 1 unspecified atom stereocenters. The molecule has 0 bridgehead atoms. The Balaban J connectivity index is 1.99. The Hall–Kier alpha value is -2.35. The fraction of sp³-hybridized carbons (Fsp3) is 0.667. The summed E-state index contributed by atoms with van der Waals surface area (Å²) in [4.78, 5) is 33.3. The van der Waals surface area contributed by atoms with E-state index in [1.165, 1.54) is 10.1 Å². The molecule has 0 radical (unpaired) electrons. The number of imidazole rings is 1. The van der Waals surface area contributed by atoms with Crippen molar-refractivity contribution in [2.75, 3.05) is 18.0 Å². The number of fused-ring (bicyclic) bond motifs is 1. The van der Waals surface area contributed by atoms with Crippen LogP contribution >= 0.6 is 0 Å². The molecule has 2 aromatic rings. The van der Waals surface area contributed by atoms with E-state index in [-0.39, 0.29) is 23.3 Å². The molecule has 1 aliphatic heterocycles. The van der Waals surface area contributed by atoms with Gasteiger partial charge in [-0.1, -0.05) is 24.5 Å². The van der Waals surface area contributed by atoms with E-state index in [1.807, 2.05) is 18.4 Å². The summed E-state index contributed by atoms with van der Waals surface area (Å²) in [7, 11) is 1.57. The van der Waals surface area contributed by atoms with E-state index in [1.54, 1.807) is 11.6 Å². The number of piperidine rings is 1. The Morgan fingerprint density at radius 2 is 1.90 bits per heavy atom. The highest BCUT2D eigenvalue weighted by Gasteiger charge is 2.29. The number of aromatic nitrogens is 4. The third kappa shape index (κ3) is 3.54. The lowest BCUT2D eigenvalue weighted by atomic mass is 10.1. The molecule has 2 fully saturated rings. The van der Waals surface area contributed by atoms with Crippen molar-refractivity contribution in [3.05, 3.63) is 32.5 Å². The molecule has 8 heteroatoms. The molecule has 1 saturated carbocycles. The number of anilines is 1. The zero-order valence-corrected chi connectivity index (χ0v) is 17.7. The Morgan fingerprint density at radius 1 is 1.17 bits per heavy atom. The number of rotatable bonds is 4. The maximum absolute atomic E-state index is 13.2. The topological polar surface area (TPSA) is 91.1 Å². The average molecular weight is 401 g/mol. The van der Waals surface area contributed by atoms with Gasteiger partial charge in [-0.15, -0.1) is 0 Å². The van der Waals surface area contributed by atoms with E-state index >= 15 is 0 Å². The van der Waals surface area contributed by atoms with Crippen LogP contribution in [-0.4, -0.2) is 37.8 Å². The SMILES string of the molecule is CC(C)=CCn1c(N2CCCC(N)C2)nc2c1c(=O)n(C)c(=O)n2C1CCCC1. The lowest BCUT2D eigenvalue weighted by Crippen LogP contribution is -2.44. The first kappa shape index (κ1) is 19.9. The van der Waals surface area contributed by atoms with Gasteiger partial charge in [0, 0.05) is 38.8 Å². The third-order valence-electron chi connectivity index (χ3n) is 6.27. The van der Waals surface area contributed by atoms with E-state index < -0.39 is 0 Å². The molecule has 3 heterocycles. The highest BCUT2D eigenvalue weighted by Crippen LogP contribution is 2.31. The average Bonchev–Trinajstić information content (AvgIpc) is 3.33. The predicted octanol–water partition coefficient (Wildman–Crippen LogP) is 1.91. The molecule has 8 nitrogen and oxygen atoms in total. The van der Waals surface area contributed by atoms with Crippen LogP contribution in [0.25, 0.3) is 11.2 Å². The summed E-state index contributed by atoms with van der Waals surface area (Å²) in [5.74, 6) is 0.752. The number of nitrogens with two attached hydrogens (primary N) is 1. The molecule has 0 amide bonds. The van der Waals surface area contributed by atoms with Crippen LogP contribution in [0.1, 0.15) is 58.4 Å². The van der Waals surface area contributed by atoms with Crippen molar-refractivity contribution in [3.8, 4) is 0 Å². The number of hydrogen-bond donors (Lipinski definition) is 1. The summed E-state index contributed by atoms with van der Waals surface area (Å²) in [6.45, 7) is 6.22. The quantitative estimate of drug-likeness (QED) is 0.792. The van der Waals surface area contributed by atoms with Gasteiger partial charge in [-0.05, 0) is 39.5 Å². The van der Waals surface area contributed by atoms with Crippen molar-refractivity contribution in [3.63, 3.8) is 0 Å². The van der Waals surface area contributed by atoms with Crippen molar-refractivity contribution >= 4 is 17.1 Å². The molecular formula is C21H32N6O2. The predicted molar refractivity (Wildman–Crippen MR) is 116 cm³/mol. The van der Waals surface area contributed by atoms with E-state index in [9.17, 15) is 9.59 Å². The first-order valence-electron chi connectivity index (χ1n) is 10.7. The third-order valence-corrected chi connectivity index (χ3v) is 6.27. The molecular weight excluding hydrogens is 368 g/mol. The summed E-state index contributed by atoms with van der Waals surface area (Å²) >= 11 is 0. The summed E-state index contributed by atoms with van der Waals surface area (Å²) in [6.07, 6.45) is 8.22. The van der Waals surface area contributed by atoms with E-state index in [0.29, 0.717) is 24.3 Å². The van der Waals surface area contributed by atoms with Gasteiger partial charge in [0.2, 0.25) is 5.95 Å². The van der Waals surface area contributed by atoms with Crippen LogP contribution < -0.4 is 21.9 Å². The maximum atomic E-state index is 13.2. The summed E-state index contributed by atoms with van der Waals surface area (Å²) in [6, 6.07) is 0.209. The second-order valence-electron chi connectivity index (χ2n) is 8.78. The number of hydrogen-bond acceptors (Lipinski definition) is 5. The molecule has 29 heavy (non-hydrogen) atoms. The Labute approximate surface area is 170 Å². The lowest BCUT2D eigenvalue weighted by molar-refractivity contribution is 0.488. The van der Waals surface area contributed by atoms with Crippen molar-refractivity contribution < 1.29 is 0 Å². The standard InChI is InChI=1S/C21H32N6O2/c1-14(2)10-12-26-17-18(23-20(26)25-11-6-7-15(22)13-25)27(16-8-4-5-9-16)21(29)24(3)19(17)28/h10,15-16H,4-9,11-13,22H2,1-3H3.